The SMILES string of the molecule is CS(=O)c1ccccc1N1CCC(N)CC1. The van der Waals surface area contributed by atoms with Gasteiger partial charge in [0.25, 0.3) is 0 Å². The van der Waals surface area contributed by atoms with Crippen molar-refractivity contribution in [3.63, 3.8) is 0 Å². The Balaban J connectivity index is 2.23. The molecule has 0 aromatic heterocycles. The first kappa shape index (κ1) is 11.6. The average Bonchev–Trinajstić information content (AvgIpc) is 2.30. The molecule has 0 spiro atoms. The van der Waals surface area contributed by atoms with Crippen molar-refractivity contribution in [2.75, 3.05) is 24.2 Å². The number of rotatable bonds is 2. The Kier molecular flexibility index (Phi) is 3.61. The van der Waals surface area contributed by atoms with Crippen LogP contribution < -0.4 is 10.6 Å². The highest BCUT2D eigenvalue weighted by molar-refractivity contribution is 7.84. The topological polar surface area (TPSA) is 46.3 Å². The van der Waals surface area contributed by atoms with Crippen LogP contribution in [0.25, 0.3) is 0 Å². The lowest BCUT2D eigenvalue weighted by Gasteiger charge is -2.33. The first-order chi connectivity index (χ1) is 7.68. The van der Waals surface area contributed by atoms with E-state index in [9.17, 15) is 4.21 Å². The van der Waals surface area contributed by atoms with Crippen molar-refractivity contribution in [3.05, 3.63) is 24.3 Å². The fourth-order valence-corrected chi connectivity index (χ4v) is 2.86. The van der Waals surface area contributed by atoms with Crippen LogP contribution in [0.3, 0.4) is 0 Å². The quantitative estimate of drug-likeness (QED) is 0.846. The fraction of sp³-hybridized carbons (Fsp3) is 0.500. The van der Waals surface area contributed by atoms with E-state index in [-0.39, 0.29) is 0 Å². The first-order valence-electron chi connectivity index (χ1n) is 5.61. The molecule has 1 heterocycles. The minimum absolute atomic E-state index is 0.329. The Hall–Kier alpha value is -0.870. The number of hydrogen-bond donors (Lipinski definition) is 1. The monoisotopic (exact) mass is 238 g/mol. The maximum atomic E-state index is 11.6. The van der Waals surface area contributed by atoms with E-state index in [0.29, 0.717) is 6.04 Å². The zero-order valence-corrected chi connectivity index (χ0v) is 10.4. The predicted molar refractivity (Wildman–Crippen MR) is 68.2 cm³/mol. The van der Waals surface area contributed by atoms with Crippen molar-refractivity contribution in [2.24, 2.45) is 5.73 Å². The Morgan fingerprint density at radius 2 is 1.94 bits per heavy atom. The molecule has 16 heavy (non-hydrogen) atoms. The third-order valence-electron chi connectivity index (χ3n) is 3.06. The van der Waals surface area contributed by atoms with Crippen molar-refractivity contribution in [3.8, 4) is 0 Å². The molecular weight excluding hydrogens is 220 g/mol. The Labute approximate surface area is 99.1 Å². The molecule has 1 aliphatic rings. The van der Waals surface area contributed by atoms with Crippen molar-refractivity contribution >= 4 is 16.5 Å². The molecule has 1 atom stereocenters. The van der Waals surface area contributed by atoms with Gasteiger partial charge in [0.15, 0.2) is 0 Å². The van der Waals surface area contributed by atoms with Gasteiger partial charge in [-0.25, -0.2) is 0 Å². The van der Waals surface area contributed by atoms with Crippen LogP contribution in [0.2, 0.25) is 0 Å². The summed E-state index contributed by atoms with van der Waals surface area (Å²) in [5.41, 5.74) is 6.99. The number of anilines is 1. The van der Waals surface area contributed by atoms with Gasteiger partial charge in [-0.05, 0) is 25.0 Å². The van der Waals surface area contributed by atoms with Gasteiger partial charge < -0.3 is 10.6 Å². The number of hydrogen-bond acceptors (Lipinski definition) is 3. The molecule has 0 saturated carbocycles. The van der Waals surface area contributed by atoms with Crippen LogP contribution in [-0.4, -0.2) is 29.6 Å². The normalized spacial score (nSPS) is 19.8. The molecule has 0 amide bonds. The van der Waals surface area contributed by atoms with Crippen LogP contribution in [-0.2, 0) is 10.8 Å². The van der Waals surface area contributed by atoms with Gasteiger partial charge in [0.2, 0.25) is 0 Å². The lowest BCUT2D eigenvalue weighted by molar-refractivity contribution is 0.499. The molecule has 0 aliphatic carbocycles. The highest BCUT2D eigenvalue weighted by Crippen LogP contribution is 2.25. The van der Waals surface area contributed by atoms with Gasteiger partial charge in [0, 0.05) is 25.4 Å². The summed E-state index contributed by atoms with van der Waals surface area (Å²) in [6.45, 7) is 1.94. The van der Waals surface area contributed by atoms with Gasteiger partial charge >= 0.3 is 0 Å². The molecule has 2 rings (SSSR count). The molecular formula is C12H18N2OS. The van der Waals surface area contributed by atoms with Crippen molar-refractivity contribution in [1.29, 1.82) is 0 Å². The summed E-state index contributed by atoms with van der Waals surface area (Å²) >= 11 is 0. The smallest absolute Gasteiger partial charge is 0.0618 e. The average molecular weight is 238 g/mol. The molecule has 1 aliphatic heterocycles. The molecule has 4 heteroatoms. The van der Waals surface area contributed by atoms with E-state index in [1.165, 1.54) is 0 Å². The molecule has 0 radical (unpaired) electrons. The Morgan fingerprint density at radius 3 is 2.56 bits per heavy atom. The number of para-hydroxylation sites is 1. The maximum absolute atomic E-state index is 11.6. The van der Waals surface area contributed by atoms with Crippen molar-refractivity contribution in [2.45, 2.75) is 23.8 Å². The van der Waals surface area contributed by atoms with E-state index in [1.54, 1.807) is 6.26 Å². The Bertz CT molecular complexity index is 386. The van der Waals surface area contributed by atoms with E-state index in [2.05, 4.69) is 4.90 Å². The lowest BCUT2D eigenvalue weighted by Crippen LogP contribution is -2.40. The molecule has 88 valence electrons. The van der Waals surface area contributed by atoms with Crippen molar-refractivity contribution in [1.82, 2.24) is 0 Å². The molecule has 3 nitrogen and oxygen atoms in total. The van der Waals surface area contributed by atoms with Crippen LogP contribution in [0, 0.1) is 0 Å². The largest absolute Gasteiger partial charge is 0.370 e. The van der Waals surface area contributed by atoms with Crippen LogP contribution in [0.1, 0.15) is 12.8 Å². The summed E-state index contributed by atoms with van der Waals surface area (Å²) < 4.78 is 11.6. The minimum Gasteiger partial charge on any atom is -0.370 e. The van der Waals surface area contributed by atoms with Crippen LogP contribution >= 0.6 is 0 Å². The number of piperidine rings is 1. The Morgan fingerprint density at radius 1 is 1.31 bits per heavy atom. The van der Waals surface area contributed by atoms with Gasteiger partial charge in [-0.2, -0.15) is 0 Å². The van der Waals surface area contributed by atoms with E-state index in [0.717, 1.165) is 36.5 Å². The fourth-order valence-electron chi connectivity index (χ4n) is 2.10. The van der Waals surface area contributed by atoms with Gasteiger partial charge in [-0.15, -0.1) is 0 Å². The zero-order chi connectivity index (χ0) is 11.5. The highest BCUT2D eigenvalue weighted by Gasteiger charge is 2.19. The minimum atomic E-state index is -0.924. The van der Waals surface area contributed by atoms with Crippen LogP contribution in [0.15, 0.2) is 29.2 Å². The number of nitrogens with two attached hydrogens (primary N) is 1. The molecule has 2 N–H and O–H groups in total. The zero-order valence-electron chi connectivity index (χ0n) is 9.56. The predicted octanol–water partition coefficient (Wildman–Crippen LogP) is 1.35. The number of benzene rings is 1. The summed E-state index contributed by atoms with van der Waals surface area (Å²) in [6.07, 6.45) is 3.77. The second-order valence-corrected chi connectivity index (χ2v) is 5.59. The second-order valence-electron chi connectivity index (χ2n) is 4.25. The molecule has 1 aromatic rings. The summed E-state index contributed by atoms with van der Waals surface area (Å²) in [7, 11) is -0.924. The van der Waals surface area contributed by atoms with Crippen LogP contribution in [0.5, 0.6) is 0 Å². The summed E-state index contributed by atoms with van der Waals surface area (Å²) in [5, 5.41) is 0. The first-order valence-corrected chi connectivity index (χ1v) is 7.17. The van der Waals surface area contributed by atoms with Gasteiger partial charge in [-0.3, -0.25) is 4.21 Å². The van der Waals surface area contributed by atoms with E-state index in [1.807, 2.05) is 24.3 Å². The molecule has 0 bridgehead atoms. The van der Waals surface area contributed by atoms with Gasteiger partial charge in [0.05, 0.1) is 21.4 Å². The third kappa shape index (κ3) is 2.44. The van der Waals surface area contributed by atoms with E-state index >= 15 is 0 Å². The molecule has 1 unspecified atom stereocenters. The maximum Gasteiger partial charge on any atom is 0.0618 e. The highest BCUT2D eigenvalue weighted by atomic mass is 32.2. The molecule has 1 saturated heterocycles. The van der Waals surface area contributed by atoms with Gasteiger partial charge in [-0.1, -0.05) is 12.1 Å². The molecule has 1 fully saturated rings. The standard InChI is InChI=1S/C12H18N2OS/c1-16(15)12-5-3-2-4-11(12)14-8-6-10(13)7-9-14/h2-5,10H,6-9,13H2,1H3. The van der Waals surface area contributed by atoms with Crippen molar-refractivity contribution < 1.29 is 4.21 Å². The van der Waals surface area contributed by atoms with Crippen LogP contribution in [0.4, 0.5) is 5.69 Å². The molecule has 1 aromatic carbocycles. The van der Waals surface area contributed by atoms with Gasteiger partial charge in [0.1, 0.15) is 0 Å². The van der Waals surface area contributed by atoms with E-state index in [4.69, 9.17) is 5.73 Å². The number of nitrogens with zero attached hydrogens (tertiary/aromatic N) is 1. The van der Waals surface area contributed by atoms with E-state index < -0.39 is 10.8 Å². The lowest BCUT2D eigenvalue weighted by atomic mass is 10.1. The third-order valence-corrected chi connectivity index (χ3v) is 4.02. The summed E-state index contributed by atoms with van der Waals surface area (Å²) in [5.74, 6) is 0. The second kappa shape index (κ2) is 4.97. The summed E-state index contributed by atoms with van der Waals surface area (Å²) in [6, 6.07) is 8.26. The summed E-state index contributed by atoms with van der Waals surface area (Å²) in [4.78, 5) is 3.22.